The second-order valence-corrected chi connectivity index (χ2v) is 4.71. The van der Waals surface area contributed by atoms with E-state index in [1.165, 1.54) is 38.2 Å². The van der Waals surface area contributed by atoms with Gasteiger partial charge in [0.15, 0.2) is 18.1 Å². The largest absolute Gasteiger partial charge is 0.493 e. The van der Waals surface area contributed by atoms with Crippen molar-refractivity contribution < 1.29 is 24.2 Å². The quantitative estimate of drug-likeness (QED) is 0.785. The number of carboxylic acids is 1. The van der Waals surface area contributed by atoms with E-state index in [1.54, 1.807) is 0 Å². The van der Waals surface area contributed by atoms with Crippen molar-refractivity contribution >= 4 is 11.9 Å². The second kappa shape index (κ2) is 6.27. The van der Waals surface area contributed by atoms with Gasteiger partial charge in [-0.1, -0.05) is 0 Å². The molecular weight excluding hydrogens is 262 g/mol. The molecular formula is C14H17NO5. The highest BCUT2D eigenvalue weighted by atomic mass is 16.5. The third-order valence-corrected chi connectivity index (χ3v) is 3.05. The van der Waals surface area contributed by atoms with E-state index in [0.717, 1.165) is 0 Å². The molecule has 1 aliphatic rings. The molecule has 0 heterocycles. The molecule has 0 aromatic heterocycles. The lowest BCUT2D eigenvalue weighted by atomic mass is 10.2. The standard InChI is InChI=1S/C14H17NO5/c1-19-12-6-10(14(17)18)4-5-11(12)20-8-13(16)15-7-9-2-3-9/h4-6,9H,2-3,7-8H2,1H3,(H,15,16)(H,17,18). The van der Waals surface area contributed by atoms with Gasteiger partial charge in [-0.3, -0.25) is 4.79 Å². The van der Waals surface area contributed by atoms with E-state index in [9.17, 15) is 9.59 Å². The van der Waals surface area contributed by atoms with Crippen LogP contribution in [0, 0.1) is 5.92 Å². The number of hydrogen-bond acceptors (Lipinski definition) is 4. The van der Waals surface area contributed by atoms with Gasteiger partial charge in [-0.05, 0) is 37.0 Å². The Kier molecular flexibility index (Phi) is 4.45. The van der Waals surface area contributed by atoms with Gasteiger partial charge in [0.05, 0.1) is 12.7 Å². The molecule has 2 rings (SSSR count). The summed E-state index contributed by atoms with van der Waals surface area (Å²) < 4.78 is 10.4. The van der Waals surface area contributed by atoms with Crippen LogP contribution in [0.25, 0.3) is 0 Å². The summed E-state index contributed by atoms with van der Waals surface area (Å²) in [5.41, 5.74) is 0.104. The number of ether oxygens (including phenoxy) is 2. The smallest absolute Gasteiger partial charge is 0.335 e. The number of amides is 1. The van der Waals surface area contributed by atoms with Crippen molar-refractivity contribution in [3.63, 3.8) is 0 Å². The fourth-order valence-corrected chi connectivity index (χ4v) is 1.69. The lowest BCUT2D eigenvalue weighted by molar-refractivity contribution is -0.123. The molecule has 0 unspecified atom stereocenters. The van der Waals surface area contributed by atoms with Gasteiger partial charge >= 0.3 is 5.97 Å². The van der Waals surface area contributed by atoms with Crippen LogP contribution in [-0.2, 0) is 4.79 Å². The van der Waals surface area contributed by atoms with E-state index in [0.29, 0.717) is 24.0 Å². The van der Waals surface area contributed by atoms with Crippen molar-refractivity contribution in [1.82, 2.24) is 5.32 Å². The molecule has 0 spiro atoms. The normalized spacial score (nSPS) is 13.7. The van der Waals surface area contributed by atoms with Crippen molar-refractivity contribution in [3.8, 4) is 11.5 Å². The first-order valence-corrected chi connectivity index (χ1v) is 6.41. The molecule has 1 aliphatic carbocycles. The van der Waals surface area contributed by atoms with E-state index < -0.39 is 5.97 Å². The molecule has 0 saturated heterocycles. The summed E-state index contributed by atoms with van der Waals surface area (Å²) in [6.07, 6.45) is 2.34. The van der Waals surface area contributed by atoms with Crippen LogP contribution in [0.15, 0.2) is 18.2 Å². The van der Waals surface area contributed by atoms with E-state index >= 15 is 0 Å². The third kappa shape index (κ3) is 3.88. The molecule has 0 bridgehead atoms. The van der Waals surface area contributed by atoms with Gasteiger partial charge in [0.2, 0.25) is 0 Å². The Bertz CT molecular complexity index is 510. The summed E-state index contributed by atoms with van der Waals surface area (Å²) in [7, 11) is 1.42. The second-order valence-electron chi connectivity index (χ2n) is 4.71. The average Bonchev–Trinajstić information content (AvgIpc) is 3.26. The van der Waals surface area contributed by atoms with Crippen LogP contribution in [-0.4, -0.2) is 37.2 Å². The van der Waals surface area contributed by atoms with E-state index in [2.05, 4.69) is 5.32 Å². The topological polar surface area (TPSA) is 84.9 Å². The zero-order valence-corrected chi connectivity index (χ0v) is 11.2. The van der Waals surface area contributed by atoms with Gasteiger partial charge in [0.25, 0.3) is 5.91 Å². The van der Waals surface area contributed by atoms with E-state index in [-0.39, 0.29) is 18.1 Å². The molecule has 1 saturated carbocycles. The molecule has 2 N–H and O–H groups in total. The SMILES string of the molecule is COc1cc(C(=O)O)ccc1OCC(=O)NCC1CC1. The molecule has 1 amide bonds. The average molecular weight is 279 g/mol. The van der Waals surface area contributed by atoms with Gasteiger partial charge in [0.1, 0.15) is 0 Å². The van der Waals surface area contributed by atoms with Crippen LogP contribution >= 0.6 is 0 Å². The minimum Gasteiger partial charge on any atom is -0.493 e. The number of hydrogen-bond donors (Lipinski definition) is 2. The number of carbonyl (C=O) groups is 2. The number of methoxy groups -OCH3 is 1. The number of carboxylic acid groups (broad SMARTS) is 1. The number of benzene rings is 1. The Morgan fingerprint density at radius 3 is 2.70 bits per heavy atom. The first-order chi connectivity index (χ1) is 9.60. The predicted molar refractivity (Wildman–Crippen MR) is 71.2 cm³/mol. The lowest BCUT2D eigenvalue weighted by Crippen LogP contribution is -2.30. The Hall–Kier alpha value is -2.24. The lowest BCUT2D eigenvalue weighted by Gasteiger charge is -2.11. The molecule has 6 nitrogen and oxygen atoms in total. The summed E-state index contributed by atoms with van der Waals surface area (Å²) in [6, 6.07) is 4.25. The first-order valence-electron chi connectivity index (χ1n) is 6.41. The number of rotatable bonds is 7. The maximum absolute atomic E-state index is 11.6. The molecule has 20 heavy (non-hydrogen) atoms. The van der Waals surface area contributed by atoms with Crippen LogP contribution in [0.3, 0.4) is 0 Å². The highest BCUT2D eigenvalue weighted by Gasteiger charge is 2.21. The van der Waals surface area contributed by atoms with E-state index in [1.807, 2.05) is 0 Å². The third-order valence-electron chi connectivity index (χ3n) is 3.05. The van der Waals surface area contributed by atoms with Crippen LogP contribution in [0.2, 0.25) is 0 Å². The van der Waals surface area contributed by atoms with Gasteiger partial charge in [0, 0.05) is 6.54 Å². The van der Waals surface area contributed by atoms with Crippen molar-refractivity contribution in [1.29, 1.82) is 0 Å². The van der Waals surface area contributed by atoms with Crippen molar-refractivity contribution in [2.24, 2.45) is 5.92 Å². The maximum Gasteiger partial charge on any atom is 0.335 e. The predicted octanol–water partition coefficient (Wildman–Crippen LogP) is 1.30. The number of carbonyl (C=O) groups excluding carboxylic acids is 1. The summed E-state index contributed by atoms with van der Waals surface area (Å²) in [6.45, 7) is 0.576. The Balaban J connectivity index is 1.90. The van der Waals surface area contributed by atoms with Gasteiger partial charge in [-0.15, -0.1) is 0 Å². The fraction of sp³-hybridized carbons (Fsp3) is 0.429. The minimum absolute atomic E-state index is 0.104. The highest BCUT2D eigenvalue weighted by Crippen LogP contribution is 2.28. The number of nitrogens with one attached hydrogen (secondary N) is 1. The number of aromatic carboxylic acids is 1. The van der Waals surface area contributed by atoms with Crippen molar-refractivity contribution in [2.75, 3.05) is 20.3 Å². The molecule has 6 heteroatoms. The van der Waals surface area contributed by atoms with Crippen LogP contribution in [0.4, 0.5) is 0 Å². The van der Waals surface area contributed by atoms with Crippen molar-refractivity contribution in [3.05, 3.63) is 23.8 Å². The molecule has 1 aromatic carbocycles. The Morgan fingerprint density at radius 1 is 1.35 bits per heavy atom. The monoisotopic (exact) mass is 279 g/mol. The molecule has 108 valence electrons. The van der Waals surface area contributed by atoms with Gasteiger partial charge in [-0.2, -0.15) is 0 Å². The van der Waals surface area contributed by atoms with Crippen molar-refractivity contribution in [2.45, 2.75) is 12.8 Å². The molecule has 1 aromatic rings. The molecule has 0 aliphatic heterocycles. The fourth-order valence-electron chi connectivity index (χ4n) is 1.69. The zero-order valence-electron chi connectivity index (χ0n) is 11.2. The van der Waals surface area contributed by atoms with Crippen LogP contribution in [0.5, 0.6) is 11.5 Å². The first kappa shape index (κ1) is 14.2. The summed E-state index contributed by atoms with van der Waals surface area (Å²) in [5.74, 6) is 0.0144. The summed E-state index contributed by atoms with van der Waals surface area (Å²) in [5, 5.41) is 11.7. The van der Waals surface area contributed by atoms with Crippen LogP contribution in [0.1, 0.15) is 23.2 Å². The van der Waals surface area contributed by atoms with Gasteiger partial charge in [-0.25, -0.2) is 4.79 Å². The minimum atomic E-state index is -1.04. The Labute approximate surface area is 116 Å². The molecule has 1 fully saturated rings. The Morgan fingerprint density at radius 2 is 2.10 bits per heavy atom. The summed E-state index contributed by atoms with van der Waals surface area (Å²) >= 11 is 0. The van der Waals surface area contributed by atoms with E-state index in [4.69, 9.17) is 14.6 Å². The molecule has 0 radical (unpaired) electrons. The van der Waals surface area contributed by atoms with Gasteiger partial charge < -0.3 is 19.9 Å². The highest BCUT2D eigenvalue weighted by molar-refractivity contribution is 5.88. The molecule has 0 atom stereocenters. The van der Waals surface area contributed by atoms with Crippen LogP contribution < -0.4 is 14.8 Å². The zero-order chi connectivity index (χ0) is 14.5. The maximum atomic E-state index is 11.6. The summed E-state index contributed by atoms with van der Waals surface area (Å²) in [4.78, 5) is 22.4.